The molecule has 1 aromatic rings. The molecule has 0 aromatic carbocycles. The number of rotatable bonds is 6. The number of morpholine rings is 1. The maximum Gasteiger partial charge on any atom is 0.252 e. The van der Waals surface area contributed by atoms with Crippen molar-refractivity contribution < 1.29 is 9.53 Å². The quantitative estimate of drug-likeness (QED) is 0.606. The van der Waals surface area contributed by atoms with Gasteiger partial charge in [-0.05, 0) is 19.2 Å². The van der Waals surface area contributed by atoms with Crippen molar-refractivity contribution in [3.8, 4) is 0 Å². The van der Waals surface area contributed by atoms with Crippen LogP contribution >= 0.6 is 0 Å². The van der Waals surface area contributed by atoms with Crippen molar-refractivity contribution >= 4 is 11.7 Å². The minimum atomic E-state index is -0.0826. The molecular formula is C13H21N5O2. The number of ether oxygens (including phenoxy) is 1. The van der Waals surface area contributed by atoms with E-state index >= 15 is 0 Å². The van der Waals surface area contributed by atoms with E-state index in [9.17, 15) is 4.79 Å². The van der Waals surface area contributed by atoms with Crippen molar-refractivity contribution in [3.63, 3.8) is 0 Å². The van der Waals surface area contributed by atoms with Crippen molar-refractivity contribution in [2.24, 2.45) is 0 Å². The molecule has 0 spiro atoms. The lowest BCUT2D eigenvalue weighted by Gasteiger charge is -2.32. The summed E-state index contributed by atoms with van der Waals surface area (Å²) < 4.78 is 5.60. The van der Waals surface area contributed by atoms with E-state index in [-0.39, 0.29) is 12.0 Å². The molecule has 110 valence electrons. The summed E-state index contributed by atoms with van der Waals surface area (Å²) in [6.45, 7) is 3.34. The predicted molar refractivity (Wildman–Crippen MR) is 76.1 cm³/mol. The van der Waals surface area contributed by atoms with Gasteiger partial charge in [-0.1, -0.05) is 6.07 Å². The van der Waals surface area contributed by atoms with Gasteiger partial charge in [0.05, 0.1) is 19.3 Å². The van der Waals surface area contributed by atoms with E-state index in [2.05, 4.69) is 26.1 Å². The van der Waals surface area contributed by atoms with Crippen LogP contribution in [-0.2, 0) is 9.53 Å². The summed E-state index contributed by atoms with van der Waals surface area (Å²) in [6, 6.07) is 5.46. The molecule has 2 rings (SSSR count). The summed E-state index contributed by atoms with van der Waals surface area (Å²) in [5.74, 6) is 0.539. The molecule has 0 bridgehead atoms. The maximum absolute atomic E-state index is 11.8. The molecule has 0 saturated carbocycles. The Bertz CT molecular complexity index is 412. The van der Waals surface area contributed by atoms with E-state index in [0.29, 0.717) is 19.0 Å². The van der Waals surface area contributed by atoms with Crippen LogP contribution in [0.4, 0.5) is 5.82 Å². The van der Waals surface area contributed by atoms with E-state index in [1.54, 1.807) is 12.3 Å². The fraction of sp³-hybridized carbons (Fsp3) is 0.538. The minimum Gasteiger partial charge on any atom is -0.374 e. The standard InChI is InChI=1S/C13H21N5O2/c1-14-8-11-9-18(6-7-20-11)10-13(19)17-16-12-4-2-3-5-15-12/h2-5,11,14H,6-10H2,1H3,(H,15,16)(H,17,19). The van der Waals surface area contributed by atoms with Crippen LogP contribution < -0.4 is 16.2 Å². The highest BCUT2D eigenvalue weighted by molar-refractivity contribution is 5.79. The smallest absolute Gasteiger partial charge is 0.252 e. The number of likely N-dealkylation sites (N-methyl/N-ethyl adjacent to an activating group) is 1. The number of amides is 1. The van der Waals surface area contributed by atoms with Crippen LogP contribution in [0.5, 0.6) is 0 Å². The molecule has 1 unspecified atom stereocenters. The third-order valence-corrected chi connectivity index (χ3v) is 3.02. The number of hydrazine groups is 1. The molecule has 7 heteroatoms. The van der Waals surface area contributed by atoms with Crippen molar-refractivity contribution in [1.82, 2.24) is 20.6 Å². The summed E-state index contributed by atoms with van der Waals surface area (Å²) in [6.07, 6.45) is 1.81. The lowest BCUT2D eigenvalue weighted by molar-refractivity contribution is -0.123. The minimum absolute atomic E-state index is 0.0826. The summed E-state index contributed by atoms with van der Waals surface area (Å²) in [4.78, 5) is 18.0. The van der Waals surface area contributed by atoms with Crippen molar-refractivity contribution in [1.29, 1.82) is 0 Å². The van der Waals surface area contributed by atoms with Gasteiger partial charge in [-0.15, -0.1) is 0 Å². The first-order valence-electron chi connectivity index (χ1n) is 6.72. The van der Waals surface area contributed by atoms with Gasteiger partial charge in [-0.25, -0.2) is 4.98 Å². The predicted octanol–water partition coefficient (Wildman–Crippen LogP) is -0.555. The molecule has 3 N–H and O–H groups in total. The summed E-state index contributed by atoms with van der Waals surface area (Å²) in [5.41, 5.74) is 5.43. The summed E-state index contributed by atoms with van der Waals surface area (Å²) >= 11 is 0. The zero-order valence-electron chi connectivity index (χ0n) is 11.6. The number of carbonyl (C=O) groups excluding carboxylic acids is 1. The number of nitrogens with one attached hydrogen (secondary N) is 3. The average molecular weight is 279 g/mol. The van der Waals surface area contributed by atoms with Gasteiger partial charge >= 0.3 is 0 Å². The van der Waals surface area contributed by atoms with Crippen LogP contribution in [-0.4, -0.2) is 61.7 Å². The molecule has 0 aliphatic carbocycles. The van der Waals surface area contributed by atoms with Crippen LogP contribution in [0.25, 0.3) is 0 Å². The van der Waals surface area contributed by atoms with Crippen molar-refractivity contribution in [2.75, 3.05) is 45.3 Å². The zero-order chi connectivity index (χ0) is 14.2. The Kier molecular flexibility index (Phi) is 5.72. The SMILES string of the molecule is CNCC1CN(CC(=O)NNc2ccccn2)CCO1. The van der Waals surface area contributed by atoms with Crippen molar-refractivity contribution in [2.45, 2.75) is 6.10 Å². The molecule has 1 amide bonds. The Balaban J connectivity index is 1.71. The molecule has 2 heterocycles. The van der Waals surface area contributed by atoms with Crippen LogP contribution in [0, 0.1) is 0 Å². The highest BCUT2D eigenvalue weighted by atomic mass is 16.5. The van der Waals surface area contributed by atoms with Gasteiger partial charge in [0, 0.05) is 25.8 Å². The zero-order valence-corrected chi connectivity index (χ0v) is 11.6. The molecule has 1 saturated heterocycles. The van der Waals surface area contributed by atoms with Gasteiger partial charge in [0.2, 0.25) is 0 Å². The fourth-order valence-electron chi connectivity index (χ4n) is 2.09. The Hall–Kier alpha value is -1.70. The summed E-state index contributed by atoms with van der Waals surface area (Å²) in [7, 11) is 1.89. The molecule has 1 aromatic heterocycles. The Labute approximate surface area is 118 Å². The second kappa shape index (κ2) is 7.78. The number of pyridine rings is 1. The second-order valence-corrected chi connectivity index (χ2v) is 4.67. The van der Waals surface area contributed by atoms with E-state index < -0.39 is 0 Å². The first kappa shape index (κ1) is 14.7. The average Bonchev–Trinajstić information content (AvgIpc) is 2.47. The van der Waals surface area contributed by atoms with Crippen LogP contribution in [0.15, 0.2) is 24.4 Å². The lowest BCUT2D eigenvalue weighted by Crippen LogP contribution is -2.49. The molecule has 20 heavy (non-hydrogen) atoms. The molecule has 0 radical (unpaired) electrons. The van der Waals surface area contributed by atoms with E-state index in [1.807, 2.05) is 19.2 Å². The van der Waals surface area contributed by atoms with Gasteiger partial charge in [0.15, 0.2) is 0 Å². The Morgan fingerprint density at radius 1 is 1.55 bits per heavy atom. The molecule has 1 atom stereocenters. The van der Waals surface area contributed by atoms with Crippen LogP contribution in [0.3, 0.4) is 0 Å². The molecule has 1 aliphatic heterocycles. The van der Waals surface area contributed by atoms with Crippen LogP contribution in [0.2, 0.25) is 0 Å². The van der Waals surface area contributed by atoms with E-state index in [4.69, 9.17) is 4.74 Å². The summed E-state index contributed by atoms with van der Waals surface area (Å²) in [5, 5.41) is 3.09. The van der Waals surface area contributed by atoms with E-state index in [1.165, 1.54) is 0 Å². The first-order chi connectivity index (χ1) is 9.78. The van der Waals surface area contributed by atoms with Gasteiger partial charge in [0.1, 0.15) is 5.82 Å². The van der Waals surface area contributed by atoms with Gasteiger partial charge in [-0.3, -0.25) is 20.5 Å². The highest BCUT2D eigenvalue weighted by Gasteiger charge is 2.21. The highest BCUT2D eigenvalue weighted by Crippen LogP contribution is 2.04. The molecule has 7 nitrogen and oxygen atoms in total. The van der Waals surface area contributed by atoms with Gasteiger partial charge in [-0.2, -0.15) is 0 Å². The lowest BCUT2D eigenvalue weighted by atomic mass is 10.2. The number of hydrogen-bond acceptors (Lipinski definition) is 6. The second-order valence-electron chi connectivity index (χ2n) is 4.67. The monoisotopic (exact) mass is 279 g/mol. The molecular weight excluding hydrogens is 258 g/mol. The number of anilines is 1. The first-order valence-corrected chi connectivity index (χ1v) is 6.72. The number of nitrogens with zero attached hydrogens (tertiary/aromatic N) is 2. The third kappa shape index (κ3) is 4.76. The molecule has 1 aliphatic rings. The largest absolute Gasteiger partial charge is 0.374 e. The number of carbonyl (C=O) groups is 1. The topological polar surface area (TPSA) is 78.5 Å². The normalized spacial score (nSPS) is 19.6. The van der Waals surface area contributed by atoms with Gasteiger partial charge < -0.3 is 10.1 Å². The van der Waals surface area contributed by atoms with Gasteiger partial charge in [0.25, 0.3) is 5.91 Å². The number of aromatic nitrogens is 1. The van der Waals surface area contributed by atoms with E-state index in [0.717, 1.165) is 19.6 Å². The Morgan fingerprint density at radius 3 is 3.20 bits per heavy atom. The Morgan fingerprint density at radius 2 is 2.45 bits per heavy atom. The van der Waals surface area contributed by atoms with Crippen molar-refractivity contribution in [3.05, 3.63) is 24.4 Å². The molecule has 1 fully saturated rings. The third-order valence-electron chi connectivity index (χ3n) is 3.02. The maximum atomic E-state index is 11.8. The van der Waals surface area contributed by atoms with Crippen LogP contribution in [0.1, 0.15) is 0 Å². The number of hydrogen-bond donors (Lipinski definition) is 3. The fourth-order valence-corrected chi connectivity index (χ4v) is 2.09.